The summed E-state index contributed by atoms with van der Waals surface area (Å²) in [5, 5.41) is 13.2. The summed E-state index contributed by atoms with van der Waals surface area (Å²) in [7, 11) is 0. The van der Waals surface area contributed by atoms with Crippen molar-refractivity contribution in [3.63, 3.8) is 0 Å². The van der Waals surface area contributed by atoms with Gasteiger partial charge < -0.3 is 9.64 Å². The predicted octanol–water partition coefficient (Wildman–Crippen LogP) is 3.83. The Balaban J connectivity index is 1.83. The van der Waals surface area contributed by atoms with Crippen LogP contribution in [0.2, 0.25) is 0 Å². The minimum absolute atomic E-state index is 0.0129. The van der Waals surface area contributed by atoms with Crippen molar-refractivity contribution >= 4 is 22.9 Å². The predicted molar refractivity (Wildman–Crippen MR) is 101 cm³/mol. The zero-order valence-corrected chi connectivity index (χ0v) is 15.5. The highest BCUT2D eigenvalue weighted by Gasteiger charge is 2.27. The van der Waals surface area contributed by atoms with Crippen LogP contribution in [-0.4, -0.2) is 41.5 Å². The molecule has 7 heteroatoms. The highest BCUT2D eigenvalue weighted by atomic mass is 32.1. The molecule has 0 spiro atoms. The number of carbonyl (C=O) groups excluding carboxylic acids is 1. The third-order valence-corrected chi connectivity index (χ3v) is 5.66. The first-order valence-electron chi connectivity index (χ1n) is 8.72. The van der Waals surface area contributed by atoms with Crippen LogP contribution in [0.3, 0.4) is 0 Å². The molecule has 0 bridgehead atoms. The first-order valence-corrected chi connectivity index (χ1v) is 9.60. The quantitative estimate of drug-likeness (QED) is 0.569. The Hall–Kier alpha value is -2.25. The lowest BCUT2D eigenvalue weighted by Gasteiger charge is -2.34. The molecule has 0 saturated carbocycles. The molecule has 2 heterocycles. The van der Waals surface area contributed by atoms with E-state index in [2.05, 4.69) is 6.07 Å². The zero-order valence-electron chi connectivity index (χ0n) is 14.7. The SMILES string of the molecule is Cc1ccc(C(=O)N(CCc2cccs2)C2CCOCC2)cc1[N+](=O)[O-]. The van der Waals surface area contributed by atoms with Crippen molar-refractivity contribution in [2.45, 2.75) is 32.2 Å². The maximum absolute atomic E-state index is 13.2. The van der Waals surface area contributed by atoms with Crippen molar-refractivity contribution in [2.75, 3.05) is 19.8 Å². The molecule has 1 fully saturated rings. The Labute approximate surface area is 156 Å². The van der Waals surface area contributed by atoms with Crippen LogP contribution >= 0.6 is 11.3 Å². The van der Waals surface area contributed by atoms with E-state index >= 15 is 0 Å². The van der Waals surface area contributed by atoms with Crippen molar-refractivity contribution in [2.24, 2.45) is 0 Å². The van der Waals surface area contributed by atoms with Gasteiger partial charge in [0.25, 0.3) is 11.6 Å². The van der Waals surface area contributed by atoms with Gasteiger partial charge in [-0.25, -0.2) is 0 Å². The van der Waals surface area contributed by atoms with Gasteiger partial charge in [-0.1, -0.05) is 12.1 Å². The smallest absolute Gasteiger partial charge is 0.273 e. The Morgan fingerprint density at radius 2 is 2.12 bits per heavy atom. The van der Waals surface area contributed by atoms with Crippen LogP contribution < -0.4 is 0 Å². The number of hydrogen-bond acceptors (Lipinski definition) is 5. The van der Waals surface area contributed by atoms with E-state index in [4.69, 9.17) is 4.74 Å². The van der Waals surface area contributed by atoms with Crippen molar-refractivity contribution < 1.29 is 14.5 Å². The van der Waals surface area contributed by atoms with E-state index in [1.54, 1.807) is 30.4 Å². The summed E-state index contributed by atoms with van der Waals surface area (Å²) in [4.78, 5) is 27.0. The fourth-order valence-corrected chi connectivity index (χ4v) is 3.94. The van der Waals surface area contributed by atoms with Gasteiger partial charge in [-0.15, -0.1) is 11.3 Å². The Morgan fingerprint density at radius 1 is 1.35 bits per heavy atom. The first-order chi connectivity index (χ1) is 12.6. The topological polar surface area (TPSA) is 72.7 Å². The van der Waals surface area contributed by atoms with Gasteiger partial charge in [-0.2, -0.15) is 0 Å². The molecule has 0 aliphatic carbocycles. The van der Waals surface area contributed by atoms with Gasteiger partial charge >= 0.3 is 0 Å². The molecule has 1 aromatic heterocycles. The molecule has 0 unspecified atom stereocenters. The molecule has 6 nitrogen and oxygen atoms in total. The number of hydrogen-bond donors (Lipinski definition) is 0. The first kappa shape index (κ1) is 18.5. The maximum Gasteiger partial charge on any atom is 0.273 e. The van der Waals surface area contributed by atoms with E-state index in [-0.39, 0.29) is 17.6 Å². The molecule has 0 atom stereocenters. The molecule has 1 saturated heterocycles. The normalized spacial score (nSPS) is 15.0. The van der Waals surface area contributed by atoms with Gasteiger partial charge in [0, 0.05) is 47.9 Å². The van der Waals surface area contributed by atoms with Crippen molar-refractivity contribution in [3.8, 4) is 0 Å². The summed E-state index contributed by atoms with van der Waals surface area (Å²) in [5.41, 5.74) is 0.920. The fourth-order valence-electron chi connectivity index (χ4n) is 3.24. The third kappa shape index (κ3) is 4.28. The summed E-state index contributed by atoms with van der Waals surface area (Å²) >= 11 is 1.68. The van der Waals surface area contributed by atoms with Gasteiger partial charge in [0.05, 0.1) is 4.92 Å². The van der Waals surface area contributed by atoms with Crippen LogP contribution in [0.25, 0.3) is 0 Å². The van der Waals surface area contributed by atoms with Crippen LogP contribution in [0.4, 0.5) is 5.69 Å². The molecule has 138 valence electrons. The third-order valence-electron chi connectivity index (χ3n) is 4.72. The second-order valence-electron chi connectivity index (χ2n) is 6.43. The number of ether oxygens (including phenoxy) is 1. The van der Waals surface area contributed by atoms with Crippen LogP contribution in [0.1, 0.15) is 33.6 Å². The summed E-state index contributed by atoms with van der Waals surface area (Å²) in [5.74, 6) is -0.142. The maximum atomic E-state index is 13.2. The minimum atomic E-state index is -0.434. The standard InChI is InChI=1S/C19H22N2O4S/c1-14-4-5-15(13-18(14)21(23)24)19(22)20(16-7-10-25-11-8-16)9-6-17-3-2-12-26-17/h2-5,12-13,16H,6-11H2,1H3. The fraction of sp³-hybridized carbons (Fsp3) is 0.421. The molecule has 0 N–H and O–H groups in total. The van der Waals surface area contributed by atoms with Crippen LogP contribution in [0.5, 0.6) is 0 Å². The molecule has 0 radical (unpaired) electrons. The number of nitro benzene ring substituents is 1. The van der Waals surface area contributed by atoms with E-state index in [1.165, 1.54) is 10.9 Å². The summed E-state index contributed by atoms with van der Waals surface area (Å²) in [6.07, 6.45) is 2.38. The van der Waals surface area contributed by atoms with Crippen LogP contribution in [0, 0.1) is 17.0 Å². The number of benzene rings is 1. The van der Waals surface area contributed by atoms with E-state index in [9.17, 15) is 14.9 Å². The highest BCUT2D eigenvalue weighted by molar-refractivity contribution is 7.09. The van der Waals surface area contributed by atoms with Gasteiger partial charge in [-0.3, -0.25) is 14.9 Å². The molecule has 26 heavy (non-hydrogen) atoms. The molecular formula is C19H22N2O4S. The lowest BCUT2D eigenvalue weighted by Crippen LogP contribution is -2.44. The van der Waals surface area contributed by atoms with Gasteiger partial charge in [0.1, 0.15) is 0 Å². The molecule has 3 rings (SSSR count). The molecule has 1 aromatic carbocycles. The van der Waals surface area contributed by atoms with Crippen LogP contribution in [-0.2, 0) is 11.2 Å². The molecule has 1 aliphatic heterocycles. The van der Waals surface area contributed by atoms with Crippen molar-refractivity contribution in [3.05, 3.63) is 61.8 Å². The van der Waals surface area contributed by atoms with E-state index in [1.807, 2.05) is 16.3 Å². The zero-order chi connectivity index (χ0) is 18.5. The van der Waals surface area contributed by atoms with Crippen molar-refractivity contribution in [1.29, 1.82) is 0 Å². The van der Waals surface area contributed by atoms with E-state index in [0.717, 1.165) is 19.3 Å². The van der Waals surface area contributed by atoms with E-state index in [0.29, 0.717) is 30.9 Å². The average molecular weight is 374 g/mol. The largest absolute Gasteiger partial charge is 0.381 e. The molecular weight excluding hydrogens is 352 g/mol. The number of aryl methyl sites for hydroxylation is 1. The molecule has 1 amide bonds. The van der Waals surface area contributed by atoms with Gasteiger partial charge in [-0.05, 0) is 43.7 Å². The van der Waals surface area contributed by atoms with Crippen LogP contribution in [0.15, 0.2) is 35.7 Å². The Bertz CT molecular complexity index is 770. The number of rotatable bonds is 6. The molecule has 1 aliphatic rings. The second kappa shape index (κ2) is 8.42. The minimum Gasteiger partial charge on any atom is -0.381 e. The van der Waals surface area contributed by atoms with Gasteiger partial charge in [0.2, 0.25) is 0 Å². The lowest BCUT2D eigenvalue weighted by molar-refractivity contribution is -0.385. The number of carbonyl (C=O) groups is 1. The summed E-state index contributed by atoms with van der Waals surface area (Å²) in [6.45, 7) is 3.56. The average Bonchev–Trinajstić information content (AvgIpc) is 3.16. The Morgan fingerprint density at radius 3 is 2.77 bits per heavy atom. The Kier molecular flexibility index (Phi) is 6.00. The lowest BCUT2D eigenvalue weighted by atomic mass is 10.0. The monoisotopic (exact) mass is 374 g/mol. The highest BCUT2D eigenvalue weighted by Crippen LogP contribution is 2.23. The summed E-state index contributed by atoms with van der Waals surface area (Å²) in [6, 6.07) is 8.90. The van der Waals surface area contributed by atoms with Crippen molar-refractivity contribution in [1.82, 2.24) is 4.90 Å². The summed E-state index contributed by atoms with van der Waals surface area (Å²) < 4.78 is 5.43. The second-order valence-corrected chi connectivity index (χ2v) is 7.46. The number of thiophene rings is 1. The number of nitrogens with zero attached hydrogens (tertiary/aromatic N) is 2. The molecule has 2 aromatic rings. The van der Waals surface area contributed by atoms with Gasteiger partial charge in [0.15, 0.2) is 0 Å². The number of nitro groups is 1. The number of amides is 1. The van der Waals surface area contributed by atoms with E-state index < -0.39 is 4.92 Å².